The Morgan fingerprint density at radius 3 is 1.23 bits per heavy atom. The molecule has 5 fully saturated rings. The Morgan fingerprint density at radius 2 is 0.836 bits per heavy atom. The van der Waals surface area contributed by atoms with Gasteiger partial charge in [0, 0.05) is 46.7 Å². The van der Waals surface area contributed by atoms with Gasteiger partial charge in [-0.15, -0.1) is 0 Å². The quantitative estimate of drug-likeness (QED) is 0.0250. The maximum atomic E-state index is 13.3. The van der Waals surface area contributed by atoms with E-state index in [2.05, 4.69) is 50.6 Å². The highest BCUT2D eigenvalue weighted by atomic mass is 32.2. The summed E-state index contributed by atoms with van der Waals surface area (Å²) in [7, 11) is -8.04. The minimum Gasteiger partial charge on any atom is -0.497 e. The van der Waals surface area contributed by atoms with Gasteiger partial charge in [0.15, 0.2) is 34.5 Å². The van der Waals surface area contributed by atoms with Crippen molar-refractivity contribution in [3.05, 3.63) is 277 Å². The molecule has 31 nitrogen and oxygen atoms in total. The third kappa shape index (κ3) is 19.6. The van der Waals surface area contributed by atoms with Gasteiger partial charge >= 0.3 is 0 Å². The van der Waals surface area contributed by atoms with Crippen molar-refractivity contribution in [2.45, 2.75) is 139 Å². The van der Waals surface area contributed by atoms with Crippen LogP contribution < -0.4 is 69.6 Å². The van der Waals surface area contributed by atoms with E-state index >= 15 is 0 Å². The first-order valence-corrected chi connectivity index (χ1v) is 48.3. The van der Waals surface area contributed by atoms with Gasteiger partial charge in [0.2, 0.25) is 80.0 Å². The lowest BCUT2D eigenvalue weighted by Crippen LogP contribution is -2.43. The van der Waals surface area contributed by atoms with Gasteiger partial charge in [-0.05, 0) is 246 Å². The van der Waals surface area contributed by atoms with E-state index in [0.717, 1.165) is 120 Å². The van der Waals surface area contributed by atoms with Gasteiger partial charge in [0.25, 0.3) is 0 Å². The number of nitrogens with two attached hydrogens (primary N) is 1. The number of nitrogens with one attached hydrogen (secondary N) is 6. The van der Waals surface area contributed by atoms with E-state index in [1.807, 2.05) is 140 Å². The second-order valence-electron chi connectivity index (χ2n) is 33.9. The summed E-state index contributed by atoms with van der Waals surface area (Å²) in [5.74, 6) is 5.71. The molecule has 0 bridgehead atoms. The number of methoxy groups -OCH3 is 1. The molecule has 4 saturated carbocycles. The molecule has 0 spiro atoms. The molecule has 0 unspecified atom stereocenters. The number of pyridine rings is 4. The number of carbonyl (C=O) groups is 5. The van der Waals surface area contributed by atoms with Crippen LogP contribution in [-0.4, -0.2) is 144 Å². The number of fused-ring (bicyclic) bond motifs is 3. The molecule has 698 valence electrons. The molecule has 4 aromatic heterocycles. The van der Waals surface area contributed by atoms with Crippen LogP contribution in [0.4, 0.5) is 23.3 Å². The molecule has 8 aromatic carbocycles. The SMILES string of the molecule is CNS(=O)(=O)c1ccc(-c2cccc(NC(=O)C3(c4ccccc4)CCCC3)n2)cc1.COc1cccc(-c2ccc(NC(=O)C3(c4ccc5c(c4)OCO5)CC3)nc2C)c1.C[C@@H](O)CNS(=O)(=O)c1ccc(-c2cccc(NC(=O)C3(c4ccc5c(c4)OCO5)CC3)n2)cc1.NC(=O)[C@@H]1CCCN1S(=O)(=O)c1ccc(-c2cccc(NC(=O)C3(c4ccc5c(c4)OCO5)CC3)n2)cc1.[HH].[HH].[HH].[HH]. The Bertz CT molecular complexity index is 6870. The standard InChI is InChI=1S/C27H26N4O6S.C25H25N3O6S.C24H25N3O3S.C24H22N2O4.4H2/c28-25(32)21-4-2-14-31(21)38(34,35)19-9-6-17(7-10-19)20-3-1-5-24(29-20)30-26(33)27(12-13-27)18-8-11-22-23(15-18)37-16-36-22;1-16(29)14-26-35(31,32)19-8-5-17(6-9-19)20-3-2-4-23(27-20)28-24(30)25(11-12-25)18-7-10-21-22(13-18)34-15-33-21;1-25-31(29,30)20-14-12-18(13-15-20)21-10-7-11-22(26-21)27-23(28)24(16-5-6-17-24)19-8-3-2-4-9-19;1-15-19(16-4-3-5-18(12-16)28-2)7-9-22(25-15)26-23(27)24(10-11-24)17-6-8-20-21(13-17)30-14-29-20;;;;/h1,3,5-11,15,21H,2,4,12-14,16H2,(H2,28,32)(H,29,30,33);2-10,13,16,26,29H,11-12,14-15H2,1H3,(H,27,28,30);2-4,7-15,25H,5-6,16-17H2,1H3,(H,26,27,28);3-9,12-13H,10-11,14H2,1-2H3,(H,25,26,27);4*1H/t21-;16-;;;;;;/m01....../s1. The molecule has 1 saturated heterocycles. The summed E-state index contributed by atoms with van der Waals surface area (Å²) in [5.41, 5.74) is 13.7. The highest BCUT2D eigenvalue weighted by Gasteiger charge is 2.54. The maximum Gasteiger partial charge on any atom is 0.243 e. The summed E-state index contributed by atoms with van der Waals surface area (Å²) in [6.07, 6.45) is 8.44. The molecule has 20 rings (SSSR count). The Hall–Kier alpha value is -14.0. The molecule has 9 N–H and O–H groups in total. The highest BCUT2D eigenvalue weighted by Crippen LogP contribution is 2.54. The summed E-state index contributed by atoms with van der Waals surface area (Å²) in [4.78, 5) is 83.3. The van der Waals surface area contributed by atoms with E-state index in [9.17, 15) is 54.3 Å². The molecule has 4 aliphatic heterocycles. The third-order valence-corrected chi connectivity index (χ3v) is 30.1. The number of amides is 5. The summed E-state index contributed by atoms with van der Waals surface area (Å²) in [6, 6.07) is 72.8. The fourth-order valence-corrected chi connectivity index (χ4v) is 20.7. The molecule has 4 aliphatic carbocycles. The number of hydrogen-bond acceptors (Lipinski definition) is 23. The smallest absolute Gasteiger partial charge is 0.243 e. The zero-order chi connectivity index (χ0) is 93.7. The topological polar surface area (TPSA) is 426 Å². The fourth-order valence-electron chi connectivity index (χ4n) is 17.2. The number of nitrogens with zero attached hydrogens (tertiary/aromatic N) is 5. The first-order chi connectivity index (χ1) is 64.6. The van der Waals surface area contributed by atoms with Crippen LogP contribution in [0.5, 0.6) is 40.2 Å². The Kier molecular flexibility index (Phi) is 26.3. The van der Waals surface area contributed by atoms with Crippen molar-refractivity contribution in [1.82, 2.24) is 33.7 Å². The van der Waals surface area contributed by atoms with E-state index in [-0.39, 0.29) is 77.5 Å². The van der Waals surface area contributed by atoms with E-state index in [1.54, 1.807) is 86.0 Å². The molecule has 34 heteroatoms. The number of ether oxygens (including phenoxy) is 7. The molecule has 8 aliphatic rings. The number of aliphatic hydroxyl groups is 1. The minimum atomic E-state index is -3.86. The van der Waals surface area contributed by atoms with Gasteiger partial charge in [-0.3, -0.25) is 24.0 Å². The molecule has 12 aromatic rings. The van der Waals surface area contributed by atoms with Crippen molar-refractivity contribution in [3.8, 4) is 85.1 Å². The lowest BCUT2D eigenvalue weighted by Gasteiger charge is -2.28. The van der Waals surface area contributed by atoms with Crippen molar-refractivity contribution < 1.29 is 93.2 Å². The van der Waals surface area contributed by atoms with Crippen molar-refractivity contribution in [1.29, 1.82) is 0 Å². The molecule has 8 heterocycles. The zero-order valence-electron chi connectivity index (χ0n) is 73.7. The number of aliphatic hydroxyl groups excluding tert-OH is 1. The molecular weight excluding hydrogens is 1770 g/mol. The molecule has 5 amide bonds. The van der Waals surface area contributed by atoms with Crippen LogP contribution in [0.2, 0.25) is 0 Å². The monoisotopic (exact) mass is 1870 g/mol. The predicted molar refractivity (Wildman–Crippen MR) is 509 cm³/mol. The lowest BCUT2D eigenvalue weighted by molar-refractivity contribution is -0.122. The molecule has 2 atom stereocenters. The van der Waals surface area contributed by atoms with Crippen molar-refractivity contribution in [2.75, 3.05) is 68.9 Å². The van der Waals surface area contributed by atoms with Crippen molar-refractivity contribution in [2.24, 2.45) is 5.73 Å². The third-order valence-electron chi connectivity index (χ3n) is 25.3. The second kappa shape index (κ2) is 38.3. The Labute approximate surface area is 781 Å². The number of benzene rings is 8. The van der Waals surface area contributed by atoms with Gasteiger partial charge in [-0.2, -0.15) is 4.31 Å². The van der Waals surface area contributed by atoms with E-state index < -0.39 is 69.8 Å². The van der Waals surface area contributed by atoms with Crippen LogP contribution in [0, 0.1) is 6.92 Å². The Morgan fingerprint density at radius 1 is 0.440 bits per heavy atom. The Balaban J connectivity index is 0.000000154. The summed E-state index contributed by atoms with van der Waals surface area (Å²) >= 11 is 0. The van der Waals surface area contributed by atoms with E-state index in [4.69, 9.17) is 38.9 Å². The summed E-state index contributed by atoms with van der Waals surface area (Å²) in [5, 5.41) is 21.2. The first-order valence-electron chi connectivity index (χ1n) is 43.9. The number of sulfonamides is 3. The number of primary amides is 1. The number of carbonyl (C=O) groups excluding carboxylic acids is 5. The fraction of sp³-hybridized carbons (Fsp3) is 0.270. The number of aromatic nitrogens is 4. The van der Waals surface area contributed by atoms with Gasteiger partial charge in [-0.1, -0.05) is 128 Å². The maximum absolute atomic E-state index is 13.3. The predicted octanol–water partition coefficient (Wildman–Crippen LogP) is 15.1. The second-order valence-corrected chi connectivity index (χ2v) is 39.4. The van der Waals surface area contributed by atoms with Crippen LogP contribution in [0.3, 0.4) is 0 Å². The van der Waals surface area contributed by atoms with Crippen molar-refractivity contribution in [3.63, 3.8) is 0 Å². The van der Waals surface area contributed by atoms with Gasteiger partial charge in [0.05, 0.1) is 66.6 Å². The molecular formula is C100H106N12O19S3. The number of anilines is 4. The van der Waals surface area contributed by atoms with Gasteiger partial charge in [-0.25, -0.2) is 54.6 Å². The van der Waals surface area contributed by atoms with Crippen LogP contribution in [0.1, 0.15) is 118 Å². The zero-order valence-corrected chi connectivity index (χ0v) is 76.1. The molecule has 0 radical (unpaired) electrons. The lowest BCUT2D eigenvalue weighted by atomic mass is 9.78. The minimum absolute atomic E-state index is 0. The van der Waals surface area contributed by atoms with Crippen LogP contribution in [0.15, 0.2) is 263 Å². The highest BCUT2D eigenvalue weighted by molar-refractivity contribution is 7.90. The number of aryl methyl sites for hydroxylation is 1. The average molecular weight is 1880 g/mol. The van der Waals surface area contributed by atoms with Gasteiger partial charge in [0.1, 0.15) is 35.1 Å². The van der Waals surface area contributed by atoms with E-state index in [1.165, 1.54) is 54.7 Å². The number of hydrogen-bond donors (Lipinski definition) is 8. The van der Waals surface area contributed by atoms with E-state index in [0.29, 0.717) is 93.1 Å². The van der Waals surface area contributed by atoms with Crippen LogP contribution in [-0.2, 0) is 75.7 Å². The van der Waals surface area contributed by atoms with Crippen LogP contribution in [0.25, 0.3) is 44.9 Å². The number of rotatable bonds is 26. The summed E-state index contributed by atoms with van der Waals surface area (Å²) in [6.45, 7) is 4.21. The molecule has 134 heavy (non-hydrogen) atoms. The van der Waals surface area contributed by atoms with Gasteiger partial charge < -0.3 is 65.3 Å². The average Bonchev–Trinajstić information content (AvgIpc) is 1.59. The summed E-state index contributed by atoms with van der Waals surface area (Å²) < 4.78 is 118. The largest absolute Gasteiger partial charge is 0.497 e. The van der Waals surface area contributed by atoms with Crippen LogP contribution >= 0.6 is 0 Å². The van der Waals surface area contributed by atoms with Crippen molar-refractivity contribution >= 4 is 82.9 Å². The first kappa shape index (κ1) is 91.9. The normalized spacial score (nSPS) is 17.0.